The largest absolute Gasteiger partial charge is 0.369 e. The summed E-state index contributed by atoms with van der Waals surface area (Å²) in [5, 5.41) is 2.09. The van der Waals surface area contributed by atoms with Gasteiger partial charge in [0.1, 0.15) is 0 Å². The summed E-state index contributed by atoms with van der Waals surface area (Å²) in [6.45, 7) is 7.22. The van der Waals surface area contributed by atoms with Gasteiger partial charge in [0, 0.05) is 36.5 Å². The first-order valence-corrected chi connectivity index (χ1v) is 8.48. The molecule has 21 heavy (non-hydrogen) atoms. The molecule has 2 heterocycles. The topological polar surface area (TPSA) is 25.4 Å². The van der Waals surface area contributed by atoms with Crippen LogP contribution in [0.4, 0.5) is 0 Å². The van der Waals surface area contributed by atoms with Crippen LogP contribution in [0.3, 0.4) is 0 Å². The van der Waals surface area contributed by atoms with E-state index in [-0.39, 0.29) is 11.7 Å². The smallest absolute Gasteiger partial charge is 0.0806 e. The fourth-order valence-corrected chi connectivity index (χ4v) is 3.44. The third-order valence-electron chi connectivity index (χ3n) is 3.80. The van der Waals surface area contributed by atoms with E-state index < -0.39 is 0 Å². The van der Waals surface area contributed by atoms with Crippen molar-refractivity contribution < 1.29 is 4.74 Å². The molecule has 0 bridgehead atoms. The summed E-state index contributed by atoms with van der Waals surface area (Å²) in [7, 11) is 0. The molecule has 1 unspecified atom stereocenters. The second-order valence-corrected chi connectivity index (χ2v) is 7.00. The van der Waals surface area contributed by atoms with Crippen molar-refractivity contribution in [3.05, 3.63) is 42.1 Å². The number of fused-ring (bicyclic) bond motifs is 1. The zero-order valence-corrected chi connectivity index (χ0v) is 14.1. The van der Waals surface area contributed by atoms with Crippen LogP contribution in [-0.4, -0.2) is 40.0 Å². The van der Waals surface area contributed by atoms with Gasteiger partial charge in [-0.1, -0.05) is 28.1 Å². The lowest BCUT2D eigenvalue weighted by molar-refractivity contribution is -0.128. The summed E-state index contributed by atoms with van der Waals surface area (Å²) in [6.07, 6.45) is 2.10. The van der Waals surface area contributed by atoms with Crippen LogP contribution in [-0.2, 0) is 11.3 Å². The number of benzene rings is 1. The Bertz CT molecular complexity index is 629. The van der Waals surface area contributed by atoms with Crippen LogP contribution in [0, 0.1) is 0 Å². The predicted octanol–water partition coefficient (Wildman–Crippen LogP) is 3.61. The molecule has 1 fully saturated rings. The summed E-state index contributed by atoms with van der Waals surface area (Å²) in [5.41, 5.74) is 2.30. The highest BCUT2D eigenvalue weighted by Crippen LogP contribution is 2.24. The molecule has 3 rings (SSSR count). The molecule has 0 amide bonds. The molecule has 0 spiro atoms. The maximum Gasteiger partial charge on any atom is 0.0806 e. The molecule has 4 heteroatoms. The molecular weight excluding hydrogens is 328 g/mol. The highest BCUT2D eigenvalue weighted by atomic mass is 79.9. The van der Waals surface area contributed by atoms with Crippen molar-refractivity contribution in [3.8, 4) is 0 Å². The molecular formula is C17H21BrN2O. The van der Waals surface area contributed by atoms with Crippen molar-refractivity contribution in [2.24, 2.45) is 0 Å². The monoisotopic (exact) mass is 348 g/mol. The number of alkyl halides is 1. The van der Waals surface area contributed by atoms with Crippen molar-refractivity contribution in [3.63, 3.8) is 0 Å². The molecule has 0 N–H and O–H groups in total. The molecule has 1 aromatic heterocycles. The van der Waals surface area contributed by atoms with Gasteiger partial charge in [0.05, 0.1) is 17.2 Å². The fraction of sp³-hybridized carbons (Fsp3) is 0.471. The number of ether oxygens (including phenoxy) is 1. The lowest BCUT2D eigenvalue weighted by Crippen LogP contribution is -2.52. The fourth-order valence-electron chi connectivity index (χ4n) is 3.10. The predicted molar refractivity (Wildman–Crippen MR) is 89.8 cm³/mol. The lowest BCUT2D eigenvalue weighted by Gasteiger charge is -2.42. The first-order chi connectivity index (χ1) is 10.1. The van der Waals surface area contributed by atoms with Crippen molar-refractivity contribution in [1.82, 2.24) is 9.88 Å². The minimum atomic E-state index is -0.0882. The van der Waals surface area contributed by atoms with Gasteiger partial charge in [-0.2, -0.15) is 0 Å². The van der Waals surface area contributed by atoms with E-state index in [4.69, 9.17) is 4.74 Å². The number of morpholine rings is 1. The zero-order valence-electron chi connectivity index (χ0n) is 12.6. The van der Waals surface area contributed by atoms with E-state index in [1.165, 1.54) is 10.9 Å². The van der Waals surface area contributed by atoms with Gasteiger partial charge in [-0.05, 0) is 37.6 Å². The quantitative estimate of drug-likeness (QED) is 0.792. The van der Waals surface area contributed by atoms with E-state index in [0.717, 1.165) is 30.5 Å². The Morgan fingerprint density at radius 2 is 2.24 bits per heavy atom. The van der Waals surface area contributed by atoms with Crippen LogP contribution >= 0.6 is 15.9 Å². The molecule has 0 saturated carbocycles. The number of hydrogen-bond donors (Lipinski definition) is 0. The minimum absolute atomic E-state index is 0.0882. The van der Waals surface area contributed by atoms with E-state index in [9.17, 15) is 0 Å². The third-order valence-corrected chi connectivity index (χ3v) is 4.52. The highest BCUT2D eigenvalue weighted by Gasteiger charge is 2.32. The third kappa shape index (κ3) is 3.62. The van der Waals surface area contributed by atoms with Crippen LogP contribution in [0.15, 0.2) is 36.5 Å². The summed E-state index contributed by atoms with van der Waals surface area (Å²) in [6, 6.07) is 10.6. The molecule has 1 saturated heterocycles. The van der Waals surface area contributed by atoms with E-state index in [1.54, 1.807) is 0 Å². The zero-order chi connectivity index (χ0) is 14.9. The second-order valence-electron chi connectivity index (χ2n) is 6.35. The number of hydrogen-bond acceptors (Lipinski definition) is 3. The average molecular weight is 349 g/mol. The summed E-state index contributed by atoms with van der Waals surface area (Å²) < 4.78 is 6.06. The van der Waals surface area contributed by atoms with Gasteiger partial charge in [-0.3, -0.25) is 9.88 Å². The van der Waals surface area contributed by atoms with Gasteiger partial charge in [0.2, 0.25) is 0 Å². The number of nitrogens with zero attached hydrogens (tertiary/aromatic N) is 2. The van der Waals surface area contributed by atoms with Crippen LogP contribution in [0.5, 0.6) is 0 Å². The van der Waals surface area contributed by atoms with Crippen molar-refractivity contribution >= 4 is 26.8 Å². The van der Waals surface area contributed by atoms with Crippen LogP contribution in [0.2, 0.25) is 0 Å². The van der Waals surface area contributed by atoms with Crippen molar-refractivity contribution in [2.75, 3.05) is 18.4 Å². The Hall–Kier alpha value is -0.970. The number of halogens is 1. The number of rotatable bonds is 3. The molecule has 2 aromatic rings. The second kappa shape index (κ2) is 6.03. The Morgan fingerprint density at radius 1 is 1.38 bits per heavy atom. The van der Waals surface area contributed by atoms with Gasteiger partial charge >= 0.3 is 0 Å². The standard InChI is InChI=1S/C17H21BrN2O/c1-17(2)12-20(11-15(9-18)21-17)10-13-5-6-16-14(8-13)4-3-7-19-16/h3-8,15H,9-12H2,1-2H3. The van der Waals surface area contributed by atoms with Gasteiger partial charge in [0.15, 0.2) is 0 Å². The van der Waals surface area contributed by atoms with Gasteiger partial charge in [-0.15, -0.1) is 0 Å². The van der Waals surface area contributed by atoms with E-state index in [2.05, 4.69) is 63.9 Å². The maximum absolute atomic E-state index is 6.06. The normalized spacial score (nSPS) is 22.5. The Kier molecular flexibility index (Phi) is 4.29. The lowest BCUT2D eigenvalue weighted by atomic mass is 10.0. The van der Waals surface area contributed by atoms with Crippen molar-refractivity contribution in [1.29, 1.82) is 0 Å². The van der Waals surface area contributed by atoms with Gasteiger partial charge < -0.3 is 4.74 Å². The molecule has 1 aliphatic heterocycles. The van der Waals surface area contributed by atoms with Crippen LogP contribution in [0.25, 0.3) is 10.9 Å². The molecule has 3 nitrogen and oxygen atoms in total. The molecule has 1 aliphatic rings. The number of aromatic nitrogens is 1. The molecule has 0 radical (unpaired) electrons. The SMILES string of the molecule is CC1(C)CN(Cc2ccc3ncccc3c2)CC(CBr)O1. The molecule has 1 atom stereocenters. The average Bonchev–Trinajstić information content (AvgIpc) is 2.45. The maximum atomic E-state index is 6.06. The van der Waals surface area contributed by atoms with Crippen LogP contribution in [0.1, 0.15) is 19.4 Å². The van der Waals surface area contributed by atoms with Crippen molar-refractivity contribution in [2.45, 2.75) is 32.1 Å². The van der Waals surface area contributed by atoms with E-state index in [1.807, 2.05) is 12.3 Å². The molecule has 1 aromatic carbocycles. The van der Waals surface area contributed by atoms with E-state index in [0.29, 0.717) is 0 Å². The summed E-state index contributed by atoms with van der Waals surface area (Å²) in [4.78, 5) is 6.86. The first kappa shape index (κ1) is 14.9. The highest BCUT2D eigenvalue weighted by molar-refractivity contribution is 9.09. The first-order valence-electron chi connectivity index (χ1n) is 7.35. The minimum Gasteiger partial charge on any atom is -0.369 e. The Labute approximate surface area is 134 Å². The van der Waals surface area contributed by atoms with Crippen LogP contribution < -0.4 is 0 Å². The Morgan fingerprint density at radius 3 is 3.05 bits per heavy atom. The van der Waals surface area contributed by atoms with Gasteiger partial charge in [0.25, 0.3) is 0 Å². The Balaban J connectivity index is 1.77. The van der Waals surface area contributed by atoms with Gasteiger partial charge in [-0.25, -0.2) is 0 Å². The molecule has 112 valence electrons. The molecule has 0 aliphatic carbocycles. The summed E-state index contributed by atoms with van der Waals surface area (Å²) >= 11 is 3.55. The van der Waals surface area contributed by atoms with E-state index >= 15 is 0 Å². The summed E-state index contributed by atoms with van der Waals surface area (Å²) in [5.74, 6) is 0. The number of pyridine rings is 1.